The Morgan fingerprint density at radius 1 is 1.19 bits per heavy atom. The van der Waals surface area contributed by atoms with Crippen molar-refractivity contribution in [2.75, 3.05) is 0 Å². The van der Waals surface area contributed by atoms with Crippen LogP contribution in [0.5, 0.6) is 0 Å². The maximum atomic E-state index is 12.3. The average Bonchev–Trinajstić information content (AvgIpc) is 2.81. The lowest BCUT2D eigenvalue weighted by Gasteiger charge is -2.22. The van der Waals surface area contributed by atoms with E-state index in [2.05, 4.69) is 11.1 Å². The number of amides is 1. The predicted octanol–water partition coefficient (Wildman–Crippen LogP) is 3.02. The molecule has 4 nitrogen and oxygen atoms in total. The number of rotatable bonds is 2. The lowest BCUT2D eigenvalue weighted by molar-refractivity contribution is -0.126. The summed E-state index contributed by atoms with van der Waals surface area (Å²) in [7, 11) is 0. The van der Waals surface area contributed by atoms with Gasteiger partial charge in [0.25, 0.3) is 0 Å². The number of amidine groups is 1. The van der Waals surface area contributed by atoms with E-state index < -0.39 is 0 Å². The predicted molar refractivity (Wildman–Crippen MR) is 82.6 cm³/mol. The first-order valence-corrected chi connectivity index (χ1v) is 7.74. The molecule has 1 saturated heterocycles. The Kier molecular flexibility index (Phi) is 3.00. The van der Waals surface area contributed by atoms with Gasteiger partial charge in [-0.15, -0.1) is 11.8 Å². The molecule has 0 saturated carbocycles. The second-order valence-corrected chi connectivity index (χ2v) is 6.29. The van der Waals surface area contributed by atoms with E-state index in [0.29, 0.717) is 13.0 Å². The van der Waals surface area contributed by atoms with E-state index in [4.69, 9.17) is 4.99 Å². The number of hydrogen-bond donors (Lipinski definition) is 0. The topological polar surface area (TPSA) is 45.6 Å². The Balaban J connectivity index is 1.69. The molecule has 4 rings (SSSR count). The minimum absolute atomic E-state index is 0.129. The van der Waals surface area contributed by atoms with Gasteiger partial charge in [-0.25, -0.2) is 4.99 Å². The molecule has 21 heavy (non-hydrogen) atoms. The minimum atomic E-state index is 0.129. The number of hydrogen-bond acceptors (Lipinski definition) is 4. The van der Waals surface area contributed by atoms with Crippen LogP contribution in [0, 0.1) is 0 Å². The minimum Gasteiger partial charge on any atom is -0.293 e. The van der Waals surface area contributed by atoms with Crippen molar-refractivity contribution in [1.82, 2.24) is 9.88 Å². The van der Waals surface area contributed by atoms with E-state index in [0.717, 1.165) is 22.1 Å². The smallest absolute Gasteiger partial charge is 0.229 e. The normalized spacial score (nSPS) is 20.0. The van der Waals surface area contributed by atoms with Gasteiger partial charge in [-0.2, -0.15) is 0 Å². The fourth-order valence-corrected chi connectivity index (χ4v) is 3.85. The van der Waals surface area contributed by atoms with Crippen LogP contribution >= 0.6 is 11.8 Å². The molecule has 1 atom stereocenters. The van der Waals surface area contributed by atoms with Crippen LogP contribution < -0.4 is 0 Å². The molecule has 1 fully saturated rings. The van der Waals surface area contributed by atoms with E-state index in [1.807, 2.05) is 36.4 Å². The Labute approximate surface area is 126 Å². The highest BCUT2D eigenvalue weighted by molar-refractivity contribution is 8.01. The average molecular weight is 295 g/mol. The Hall–Kier alpha value is -2.14. The van der Waals surface area contributed by atoms with Crippen LogP contribution in [0.15, 0.2) is 58.5 Å². The van der Waals surface area contributed by atoms with Crippen molar-refractivity contribution in [2.24, 2.45) is 4.99 Å². The number of benzene rings is 1. The molecule has 0 unspecified atom stereocenters. The zero-order chi connectivity index (χ0) is 14.2. The van der Waals surface area contributed by atoms with Crippen molar-refractivity contribution in [3.63, 3.8) is 0 Å². The summed E-state index contributed by atoms with van der Waals surface area (Å²) >= 11 is 1.73. The number of likely N-dealkylation sites (tertiary alicyclic amines) is 1. The largest absolute Gasteiger partial charge is 0.293 e. The molecule has 5 heteroatoms. The lowest BCUT2D eigenvalue weighted by Crippen LogP contribution is -2.32. The molecule has 0 aliphatic carbocycles. The molecule has 1 aromatic heterocycles. The third kappa shape index (κ3) is 2.23. The summed E-state index contributed by atoms with van der Waals surface area (Å²) in [4.78, 5) is 24.2. The summed E-state index contributed by atoms with van der Waals surface area (Å²) in [6.45, 7) is 0.498. The molecule has 2 aliphatic heterocycles. The number of aromatic nitrogens is 1. The third-order valence-corrected chi connectivity index (χ3v) is 4.90. The monoisotopic (exact) mass is 295 g/mol. The van der Waals surface area contributed by atoms with E-state index >= 15 is 0 Å². The van der Waals surface area contributed by atoms with Gasteiger partial charge >= 0.3 is 0 Å². The number of thioether (sulfide) groups is 1. The van der Waals surface area contributed by atoms with Crippen LogP contribution in [-0.2, 0) is 11.3 Å². The molecule has 1 amide bonds. The second kappa shape index (κ2) is 5.00. The van der Waals surface area contributed by atoms with Crippen LogP contribution in [0.25, 0.3) is 0 Å². The van der Waals surface area contributed by atoms with Crippen LogP contribution in [-0.4, -0.2) is 26.9 Å². The van der Waals surface area contributed by atoms with Crippen molar-refractivity contribution in [3.05, 3.63) is 54.4 Å². The van der Waals surface area contributed by atoms with Gasteiger partial charge < -0.3 is 0 Å². The van der Waals surface area contributed by atoms with Crippen molar-refractivity contribution < 1.29 is 4.79 Å². The summed E-state index contributed by atoms with van der Waals surface area (Å²) in [5, 5.41) is 0.135. The van der Waals surface area contributed by atoms with Gasteiger partial charge in [-0.05, 0) is 24.3 Å². The van der Waals surface area contributed by atoms with Crippen molar-refractivity contribution in [1.29, 1.82) is 0 Å². The number of fused-ring (bicyclic) bond motifs is 2. The third-order valence-electron chi connectivity index (χ3n) is 3.64. The summed E-state index contributed by atoms with van der Waals surface area (Å²) in [6.07, 6.45) is 2.27. The molecule has 2 aliphatic rings. The number of para-hydroxylation sites is 1. The van der Waals surface area contributed by atoms with Crippen LogP contribution in [0.1, 0.15) is 12.1 Å². The fourth-order valence-electron chi connectivity index (χ4n) is 2.64. The van der Waals surface area contributed by atoms with Gasteiger partial charge in [-0.3, -0.25) is 14.7 Å². The van der Waals surface area contributed by atoms with Gasteiger partial charge in [0.05, 0.1) is 23.2 Å². The number of pyridine rings is 1. The maximum Gasteiger partial charge on any atom is 0.229 e. The highest BCUT2D eigenvalue weighted by Gasteiger charge is 2.39. The molecule has 2 aromatic rings. The molecule has 3 heterocycles. The van der Waals surface area contributed by atoms with Gasteiger partial charge in [0.15, 0.2) is 0 Å². The molecule has 0 N–H and O–H groups in total. The van der Waals surface area contributed by atoms with Crippen molar-refractivity contribution >= 4 is 29.2 Å². The van der Waals surface area contributed by atoms with E-state index in [1.165, 1.54) is 0 Å². The fraction of sp³-hybridized carbons (Fsp3) is 0.188. The van der Waals surface area contributed by atoms with Crippen LogP contribution in [0.4, 0.5) is 5.69 Å². The summed E-state index contributed by atoms with van der Waals surface area (Å²) in [5.74, 6) is 0.999. The first-order valence-electron chi connectivity index (χ1n) is 6.86. The van der Waals surface area contributed by atoms with Crippen molar-refractivity contribution in [3.8, 4) is 0 Å². The van der Waals surface area contributed by atoms with Gasteiger partial charge in [-0.1, -0.05) is 18.2 Å². The molecular formula is C16H13N3OS. The Morgan fingerprint density at radius 2 is 2.05 bits per heavy atom. The SMILES string of the molecule is O=C1C[C@@H]2Sc3ccccc3N=C2N1Cc1ccccn1. The quantitative estimate of drug-likeness (QED) is 0.855. The zero-order valence-corrected chi connectivity index (χ0v) is 12.1. The summed E-state index contributed by atoms with van der Waals surface area (Å²) in [5.41, 5.74) is 1.84. The van der Waals surface area contributed by atoms with E-state index in [1.54, 1.807) is 22.9 Å². The highest BCUT2D eigenvalue weighted by Crippen LogP contribution is 2.42. The number of carbonyl (C=O) groups excluding carboxylic acids is 1. The molecule has 0 spiro atoms. The van der Waals surface area contributed by atoms with Gasteiger partial charge in [0.2, 0.25) is 5.91 Å². The molecule has 1 aromatic carbocycles. The molecule has 0 bridgehead atoms. The van der Waals surface area contributed by atoms with E-state index in [9.17, 15) is 4.79 Å². The number of nitrogens with zero attached hydrogens (tertiary/aromatic N) is 3. The zero-order valence-electron chi connectivity index (χ0n) is 11.3. The van der Waals surface area contributed by atoms with Gasteiger partial charge in [0.1, 0.15) is 5.84 Å². The number of aliphatic imine (C=N–C) groups is 1. The standard InChI is InChI=1S/C16H13N3OS/c20-15-9-14-16(18-12-6-1-2-7-13(12)21-14)19(15)10-11-5-3-4-8-17-11/h1-8,14H,9-10H2/t14-/m0/s1. The Morgan fingerprint density at radius 3 is 2.90 bits per heavy atom. The van der Waals surface area contributed by atoms with Crippen molar-refractivity contribution in [2.45, 2.75) is 23.1 Å². The second-order valence-electron chi connectivity index (χ2n) is 5.05. The first kappa shape index (κ1) is 12.6. The summed E-state index contributed by atoms with van der Waals surface area (Å²) < 4.78 is 0. The first-order chi connectivity index (χ1) is 10.3. The van der Waals surface area contributed by atoms with Crippen LogP contribution in [0.3, 0.4) is 0 Å². The molecular weight excluding hydrogens is 282 g/mol. The lowest BCUT2D eigenvalue weighted by atomic mass is 10.3. The molecule has 0 radical (unpaired) electrons. The summed E-state index contributed by atoms with van der Waals surface area (Å²) in [6, 6.07) is 13.8. The number of carbonyl (C=O) groups is 1. The highest BCUT2D eigenvalue weighted by atomic mass is 32.2. The van der Waals surface area contributed by atoms with Crippen LogP contribution in [0.2, 0.25) is 0 Å². The van der Waals surface area contributed by atoms with Gasteiger partial charge in [0, 0.05) is 17.5 Å². The Bertz CT molecular complexity index is 729. The molecule has 104 valence electrons. The van der Waals surface area contributed by atoms with E-state index in [-0.39, 0.29) is 11.2 Å². The maximum absolute atomic E-state index is 12.3.